The van der Waals surface area contributed by atoms with Crippen molar-refractivity contribution in [2.24, 2.45) is 0 Å². The number of carbonyl (C=O) groups excluding carboxylic acids is 1. The van der Waals surface area contributed by atoms with Crippen molar-refractivity contribution in [1.29, 1.82) is 0 Å². The maximum atomic E-state index is 11.7. The molecule has 0 radical (unpaired) electrons. The van der Waals surface area contributed by atoms with Gasteiger partial charge in [-0.05, 0) is 31.0 Å². The molecule has 1 rings (SSSR count). The van der Waals surface area contributed by atoms with Crippen molar-refractivity contribution in [2.45, 2.75) is 25.1 Å². The van der Waals surface area contributed by atoms with Crippen molar-refractivity contribution >= 4 is 21.8 Å². The summed E-state index contributed by atoms with van der Waals surface area (Å²) in [5.41, 5.74) is 1.26. The van der Waals surface area contributed by atoms with Crippen LogP contribution in [0.5, 0.6) is 5.75 Å². The van der Waals surface area contributed by atoms with E-state index in [4.69, 9.17) is 0 Å². The lowest BCUT2D eigenvalue weighted by molar-refractivity contribution is 0.0950. The Bertz CT molecular complexity index is 377. The molecule has 0 aliphatic heterocycles. The van der Waals surface area contributed by atoms with E-state index in [0.717, 1.165) is 12.0 Å². The Morgan fingerprint density at radius 1 is 1.56 bits per heavy atom. The minimum atomic E-state index is -0.231. The largest absolute Gasteiger partial charge is 0.507 e. The van der Waals surface area contributed by atoms with Gasteiger partial charge in [0.15, 0.2) is 0 Å². The molecular weight excluding hydrogens is 270 g/mol. The van der Waals surface area contributed by atoms with E-state index in [0.29, 0.717) is 16.9 Å². The van der Waals surface area contributed by atoms with Gasteiger partial charge in [-0.2, -0.15) is 0 Å². The van der Waals surface area contributed by atoms with E-state index in [-0.39, 0.29) is 11.7 Å². The Morgan fingerprint density at radius 3 is 2.81 bits per heavy atom. The molecule has 16 heavy (non-hydrogen) atoms. The summed E-state index contributed by atoms with van der Waals surface area (Å²) in [6, 6.07) is 5.03. The Kier molecular flexibility index (Phi) is 4.80. The summed E-state index contributed by atoms with van der Waals surface area (Å²) in [6.07, 6.45) is 0.859. The van der Waals surface area contributed by atoms with Crippen molar-refractivity contribution < 1.29 is 9.90 Å². The number of carbonyl (C=O) groups is 1. The topological polar surface area (TPSA) is 49.3 Å². The van der Waals surface area contributed by atoms with Crippen LogP contribution in [0.4, 0.5) is 0 Å². The van der Waals surface area contributed by atoms with Crippen molar-refractivity contribution in [2.75, 3.05) is 6.54 Å². The summed E-state index contributed by atoms with van der Waals surface area (Å²) in [6.45, 7) is 4.49. The van der Waals surface area contributed by atoms with Crippen LogP contribution in [-0.4, -0.2) is 22.4 Å². The molecule has 1 amide bonds. The lowest BCUT2D eigenvalue weighted by Gasteiger charge is -2.08. The highest BCUT2D eigenvalue weighted by Gasteiger charge is 2.10. The van der Waals surface area contributed by atoms with Gasteiger partial charge in [0.25, 0.3) is 5.91 Å². The summed E-state index contributed by atoms with van der Waals surface area (Å²) < 4.78 is 0. The third kappa shape index (κ3) is 3.85. The van der Waals surface area contributed by atoms with Crippen LogP contribution in [-0.2, 0) is 0 Å². The lowest BCUT2D eigenvalue weighted by Crippen LogP contribution is -2.25. The number of rotatable bonds is 4. The molecule has 0 bridgehead atoms. The van der Waals surface area contributed by atoms with E-state index in [1.165, 1.54) is 0 Å². The fourth-order valence-electron chi connectivity index (χ4n) is 1.31. The molecule has 3 nitrogen and oxygen atoms in total. The number of nitrogens with one attached hydrogen (secondary N) is 1. The van der Waals surface area contributed by atoms with Crippen molar-refractivity contribution in [3.63, 3.8) is 0 Å². The highest BCUT2D eigenvalue weighted by atomic mass is 79.9. The number of phenols is 1. The van der Waals surface area contributed by atoms with Gasteiger partial charge in [-0.3, -0.25) is 4.79 Å². The van der Waals surface area contributed by atoms with Crippen molar-refractivity contribution in [1.82, 2.24) is 5.32 Å². The fourth-order valence-corrected chi connectivity index (χ4v) is 1.54. The third-order valence-corrected chi connectivity index (χ3v) is 2.68. The van der Waals surface area contributed by atoms with E-state index in [1.54, 1.807) is 12.1 Å². The SMILES string of the molecule is Cc1ccc(C(=O)NCCC(C)Br)c(O)c1. The monoisotopic (exact) mass is 285 g/mol. The Balaban J connectivity index is 2.59. The van der Waals surface area contributed by atoms with Crippen molar-refractivity contribution in [3.05, 3.63) is 29.3 Å². The van der Waals surface area contributed by atoms with Crippen molar-refractivity contribution in [3.8, 4) is 5.75 Å². The number of alkyl halides is 1. The number of benzene rings is 1. The molecule has 0 fully saturated rings. The molecule has 0 aromatic heterocycles. The number of hydrogen-bond donors (Lipinski definition) is 2. The zero-order chi connectivity index (χ0) is 12.1. The molecule has 0 aliphatic carbocycles. The molecule has 0 saturated carbocycles. The van der Waals surface area contributed by atoms with Gasteiger partial charge in [0, 0.05) is 11.4 Å². The smallest absolute Gasteiger partial charge is 0.255 e. The van der Waals surface area contributed by atoms with Crippen LogP contribution in [0.1, 0.15) is 29.3 Å². The molecule has 4 heteroatoms. The number of amides is 1. The summed E-state index contributed by atoms with van der Waals surface area (Å²) in [7, 11) is 0. The summed E-state index contributed by atoms with van der Waals surface area (Å²) in [4.78, 5) is 12.0. The van der Waals surface area contributed by atoms with E-state index in [1.807, 2.05) is 19.9 Å². The Labute approximate surface area is 104 Å². The summed E-state index contributed by atoms with van der Waals surface area (Å²) in [5.74, 6) is -0.199. The standard InChI is InChI=1S/C12H16BrNO2/c1-8-3-4-10(11(15)7-8)12(16)14-6-5-9(2)13/h3-4,7,9,15H,5-6H2,1-2H3,(H,14,16). The Hall–Kier alpha value is -1.03. The summed E-state index contributed by atoms with van der Waals surface area (Å²) >= 11 is 3.40. The van der Waals surface area contributed by atoms with Crippen LogP contribution >= 0.6 is 15.9 Å². The molecule has 2 N–H and O–H groups in total. The number of aromatic hydroxyl groups is 1. The predicted molar refractivity (Wildman–Crippen MR) is 68.2 cm³/mol. The van der Waals surface area contributed by atoms with E-state index >= 15 is 0 Å². The van der Waals surface area contributed by atoms with Gasteiger partial charge >= 0.3 is 0 Å². The average molecular weight is 286 g/mol. The third-order valence-electron chi connectivity index (χ3n) is 2.23. The maximum Gasteiger partial charge on any atom is 0.255 e. The number of halogens is 1. The second-order valence-corrected chi connectivity index (χ2v) is 5.41. The Morgan fingerprint density at radius 2 is 2.25 bits per heavy atom. The molecule has 88 valence electrons. The molecule has 1 aromatic carbocycles. The van der Waals surface area contributed by atoms with Gasteiger partial charge in [0.05, 0.1) is 5.56 Å². The number of aryl methyl sites for hydroxylation is 1. The van der Waals surface area contributed by atoms with Gasteiger partial charge in [-0.1, -0.05) is 28.9 Å². The molecule has 0 heterocycles. The first-order valence-electron chi connectivity index (χ1n) is 5.22. The minimum Gasteiger partial charge on any atom is -0.507 e. The quantitative estimate of drug-likeness (QED) is 0.836. The van der Waals surface area contributed by atoms with Crippen LogP contribution in [0.15, 0.2) is 18.2 Å². The van der Waals surface area contributed by atoms with Crippen LogP contribution in [0.25, 0.3) is 0 Å². The zero-order valence-electron chi connectivity index (χ0n) is 9.46. The molecule has 0 aliphatic rings. The van der Waals surface area contributed by atoms with Crippen LogP contribution < -0.4 is 5.32 Å². The number of phenolic OH excluding ortho intramolecular Hbond substituents is 1. The summed E-state index contributed by atoms with van der Waals surface area (Å²) in [5, 5.41) is 12.4. The molecule has 1 aromatic rings. The van der Waals surface area contributed by atoms with Gasteiger partial charge in [0.1, 0.15) is 5.75 Å². The highest BCUT2D eigenvalue weighted by molar-refractivity contribution is 9.09. The number of hydrogen-bond acceptors (Lipinski definition) is 2. The van der Waals surface area contributed by atoms with Gasteiger partial charge < -0.3 is 10.4 Å². The second kappa shape index (κ2) is 5.89. The van der Waals surface area contributed by atoms with Gasteiger partial charge in [-0.15, -0.1) is 0 Å². The average Bonchev–Trinajstić information content (AvgIpc) is 2.16. The van der Waals surface area contributed by atoms with Gasteiger partial charge in [0.2, 0.25) is 0 Å². The first-order chi connectivity index (χ1) is 7.50. The molecule has 0 saturated heterocycles. The van der Waals surface area contributed by atoms with E-state index < -0.39 is 0 Å². The van der Waals surface area contributed by atoms with Gasteiger partial charge in [-0.25, -0.2) is 0 Å². The first-order valence-corrected chi connectivity index (χ1v) is 6.14. The second-order valence-electron chi connectivity index (χ2n) is 3.85. The van der Waals surface area contributed by atoms with Crippen LogP contribution in [0.2, 0.25) is 0 Å². The maximum absolute atomic E-state index is 11.7. The zero-order valence-corrected chi connectivity index (χ0v) is 11.0. The van der Waals surface area contributed by atoms with Crippen LogP contribution in [0.3, 0.4) is 0 Å². The minimum absolute atomic E-state index is 0.0318. The highest BCUT2D eigenvalue weighted by Crippen LogP contribution is 2.18. The lowest BCUT2D eigenvalue weighted by atomic mass is 10.1. The van der Waals surface area contributed by atoms with E-state index in [2.05, 4.69) is 21.2 Å². The molecule has 0 spiro atoms. The van der Waals surface area contributed by atoms with E-state index in [9.17, 15) is 9.90 Å². The fraction of sp³-hybridized carbons (Fsp3) is 0.417. The first kappa shape index (κ1) is 13.0. The molecule has 1 unspecified atom stereocenters. The van der Waals surface area contributed by atoms with Crippen LogP contribution in [0, 0.1) is 6.92 Å². The molecule has 1 atom stereocenters. The normalized spacial score (nSPS) is 12.2. The predicted octanol–water partition coefficient (Wildman–Crippen LogP) is 2.60. The molecular formula is C12H16BrNO2.